The van der Waals surface area contributed by atoms with Crippen molar-refractivity contribution in [3.63, 3.8) is 0 Å². The molecular formula is C11H19NO2. The molecule has 1 N–H and O–H groups in total. The summed E-state index contributed by atoms with van der Waals surface area (Å²) in [6.07, 6.45) is 4.91. The van der Waals surface area contributed by atoms with Gasteiger partial charge in [-0.05, 0) is 25.8 Å². The number of hydrogen-bond acceptors (Lipinski definition) is 3. The molecule has 14 heavy (non-hydrogen) atoms. The summed E-state index contributed by atoms with van der Waals surface area (Å²) < 4.78 is 4.54. The molecule has 0 aromatic heterocycles. The Labute approximate surface area is 85.5 Å². The second-order valence-electron chi connectivity index (χ2n) is 4.00. The van der Waals surface area contributed by atoms with E-state index in [0.29, 0.717) is 5.41 Å². The Balaban J connectivity index is 0.000000213. The van der Waals surface area contributed by atoms with Crippen LogP contribution in [-0.2, 0) is 9.53 Å². The third-order valence-corrected chi connectivity index (χ3v) is 2.80. The van der Waals surface area contributed by atoms with E-state index in [1.807, 2.05) is 6.92 Å². The number of nitrogens with one attached hydrogen (secondary N) is 1. The van der Waals surface area contributed by atoms with Crippen LogP contribution in [0.3, 0.4) is 0 Å². The first-order chi connectivity index (χ1) is 6.76. The van der Waals surface area contributed by atoms with E-state index in [1.165, 1.54) is 5.57 Å². The van der Waals surface area contributed by atoms with Crippen LogP contribution in [0.15, 0.2) is 11.6 Å². The first-order valence-corrected chi connectivity index (χ1v) is 5.09. The summed E-state index contributed by atoms with van der Waals surface area (Å²) in [5, 5.41) is 3.25. The molecule has 2 fully saturated rings. The molecular weight excluding hydrogens is 178 g/mol. The van der Waals surface area contributed by atoms with Crippen LogP contribution < -0.4 is 5.32 Å². The Morgan fingerprint density at radius 2 is 2.07 bits per heavy atom. The SMILES string of the molecule is CCOC.O=CC=C1CC2(CNC2)C1. The smallest absolute Gasteiger partial charge is 0.142 e. The Morgan fingerprint density at radius 3 is 2.36 bits per heavy atom. The highest BCUT2D eigenvalue weighted by Gasteiger charge is 2.44. The van der Waals surface area contributed by atoms with Gasteiger partial charge in [-0.1, -0.05) is 5.57 Å². The average Bonchev–Trinajstić information content (AvgIpc) is 2.08. The summed E-state index contributed by atoms with van der Waals surface area (Å²) in [4.78, 5) is 10.0. The average molecular weight is 197 g/mol. The summed E-state index contributed by atoms with van der Waals surface area (Å²) in [5.74, 6) is 0. The van der Waals surface area contributed by atoms with Crippen LogP contribution >= 0.6 is 0 Å². The number of hydrogen-bond donors (Lipinski definition) is 1. The molecule has 1 saturated heterocycles. The molecule has 0 bridgehead atoms. The first-order valence-electron chi connectivity index (χ1n) is 5.09. The lowest BCUT2D eigenvalue weighted by Gasteiger charge is -2.51. The third kappa shape index (κ3) is 2.66. The number of aldehydes is 1. The molecule has 0 aromatic carbocycles. The van der Waals surface area contributed by atoms with Crippen molar-refractivity contribution in [1.29, 1.82) is 0 Å². The number of methoxy groups -OCH3 is 1. The third-order valence-electron chi connectivity index (χ3n) is 2.80. The first kappa shape index (κ1) is 11.4. The van der Waals surface area contributed by atoms with Crippen LogP contribution in [-0.4, -0.2) is 33.1 Å². The molecule has 0 aromatic rings. The second kappa shape index (κ2) is 5.27. The van der Waals surface area contributed by atoms with Crippen LogP contribution in [0.5, 0.6) is 0 Å². The summed E-state index contributed by atoms with van der Waals surface area (Å²) in [5.41, 5.74) is 1.91. The van der Waals surface area contributed by atoms with E-state index in [9.17, 15) is 4.79 Å². The van der Waals surface area contributed by atoms with E-state index in [0.717, 1.165) is 38.8 Å². The lowest BCUT2D eigenvalue weighted by Crippen LogP contribution is -2.57. The van der Waals surface area contributed by atoms with Crippen molar-refractivity contribution in [1.82, 2.24) is 5.32 Å². The van der Waals surface area contributed by atoms with Gasteiger partial charge in [0.1, 0.15) is 6.29 Å². The predicted octanol–water partition coefficient (Wildman–Crippen LogP) is 1.15. The summed E-state index contributed by atoms with van der Waals surface area (Å²) in [7, 11) is 1.68. The van der Waals surface area contributed by atoms with Gasteiger partial charge < -0.3 is 10.1 Å². The zero-order valence-corrected chi connectivity index (χ0v) is 9.01. The van der Waals surface area contributed by atoms with Crippen molar-refractivity contribution >= 4 is 6.29 Å². The Bertz CT molecular complexity index is 207. The molecule has 0 unspecified atom stereocenters. The van der Waals surface area contributed by atoms with Crippen molar-refractivity contribution in [2.24, 2.45) is 5.41 Å². The van der Waals surface area contributed by atoms with Gasteiger partial charge >= 0.3 is 0 Å². The van der Waals surface area contributed by atoms with Crippen LogP contribution in [0.2, 0.25) is 0 Å². The van der Waals surface area contributed by atoms with Gasteiger partial charge in [-0.2, -0.15) is 0 Å². The van der Waals surface area contributed by atoms with Crippen LogP contribution in [0.4, 0.5) is 0 Å². The van der Waals surface area contributed by atoms with E-state index >= 15 is 0 Å². The zero-order chi connectivity index (χ0) is 10.4. The maximum atomic E-state index is 10.0. The van der Waals surface area contributed by atoms with Crippen molar-refractivity contribution in [3.8, 4) is 0 Å². The number of allylic oxidation sites excluding steroid dienone is 2. The molecule has 1 aliphatic heterocycles. The Hall–Kier alpha value is -0.670. The molecule has 0 amide bonds. The Morgan fingerprint density at radius 1 is 1.50 bits per heavy atom. The maximum absolute atomic E-state index is 10.0. The summed E-state index contributed by atoms with van der Waals surface area (Å²) in [6, 6.07) is 0. The van der Waals surface area contributed by atoms with E-state index < -0.39 is 0 Å². The highest BCUT2D eigenvalue weighted by Crippen LogP contribution is 2.47. The van der Waals surface area contributed by atoms with Gasteiger partial charge in [-0.3, -0.25) is 4.79 Å². The van der Waals surface area contributed by atoms with Gasteiger partial charge in [0.25, 0.3) is 0 Å². The summed E-state index contributed by atoms with van der Waals surface area (Å²) in [6.45, 7) is 5.09. The fourth-order valence-corrected chi connectivity index (χ4v) is 1.85. The van der Waals surface area contributed by atoms with E-state index in [-0.39, 0.29) is 0 Å². The minimum absolute atomic E-state index is 0.578. The van der Waals surface area contributed by atoms with Crippen molar-refractivity contribution in [2.75, 3.05) is 26.8 Å². The van der Waals surface area contributed by atoms with Gasteiger partial charge in [0, 0.05) is 32.2 Å². The van der Waals surface area contributed by atoms with E-state index in [1.54, 1.807) is 13.2 Å². The highest BCUT2D eigenvalue weighted by molar-refractivity contribution is 5.66. The molecule has 2 aliphatic rings. The Kier molecular flexibility index (Phi) is 4.29. The van der Waals surface area contributed by atoms with Crippen molar-refractivity contribution < 1.29 is 9.53 Å². The largest absolute Gasteiger partial charge is 0.385 e. The molecule has 3 heteroatoms. The quantitative estimate of drug-likeness (QED) is 0.533. The zero-order valence-electron chi connectivity index (χ0n) is 9.01. The van der Waals surface area contributed by atoms with E-state index in [4.69, 9.17) is 0 Å². The molecule has 0 atom stereocenters. The lowest BCUT2D eigenvalue weighted by molar-refractivity contribution is -0.104. The van der Waals surface area contributed by atoms with Crippen molar-refractivity contribution in [2.45, 2.75) is 19.8 Å². The predicted molar refractivity (Wildman–Crippen MR) is 56.2 cm³/mol. The molecule has 1 saturated carbocycles. The van der Waals surface area contributed by atoms with Gasteiger partial charge in [0.05, 0.1) is 0 Å². The van der Waals surface area contributed by atoms with Gasteiger partial charge in [-0.15, -0.1) is 0 Å². The summed E-state index contributed by atoms with van der Waals surface area (Å²) >= 11 is 0. The topological polar surface area (TPSA) is 38.3 Å². The number of rotatable bonds is 2. The fraction of sp³-hybridized carbons (Fsp3) is 0.727. The molecule has 1 aliphatic carbocycles. The van der Waals surface area contributed by atoms with Crippen LogP contribution in [0.1, 0.15) is 19.8 Å². The maximum Gasteiger partial charge on any atom is 0.142 e. The number of ether oxygens (including phenoxy) is 1. The van der Waals surface area contributed by atoms with Gasteiger partial charge in [0.2, 0.25) is 0 Å². The van der Waals surface area contributed by atoms with Crippen LogP contribution in [0.25, 0.3) is 0 Å². The number of carbonyl (C=O) groups excluding carboxylic acids is 1. The molecule has 1 spiro atoms. The minimum Gasteiger partial charge on any atom is -0.385 e. The monoisotopic (exact) mass is 197 g/mol. The minimum atomic E-state index is 0.578. The highest BCUT2D eigenvalue weighted by atomic mass is 16.5. The van der Waals surface area contributed by atoms with Crippen LogP contribution in [0, 0.1) is 5.41 Å². The molecule has 3 nitrogen and oxygen atoms in total. The number of carbonyl (C=O) groups is 1. The van der Waals surface area contributed by atoms with Gasteiger partial charge in [0.15, 0.2) is 0 Å². The fourth-order valence-electron chi connectivity index (χ4n) is 1.85. The standard InChI is InChI=1S/C8H11NO.C3H8O/c10-2-1-7-3-8(4-7)5-9-6-8;1-3-4-2/h1-2,9H,3-6H2;3H2,1-2H3. The normalized spacial score (nSPS) is 21.4. The van der Waals surface area contributed by atoms with E-state index in [2.05, 4.69) is 10.1 Å². The van der Waals surface area contributed by atoms with Gasteiger partial charge in [-0.25, -0.2) is 0 Å². The second-order valence-corrected chi connectivity index (χ2v) is 4.00. The molecule has 0 radical (unpaired) electrons. The molecule has 80 valence electrons. The van der Waals surface area contributed by atoms with Crippen molar-refractivity contribution in [3.05, 3.63) is 11.6 Å². The molecule has 2 rings (SSSR count). The molecule has 1 heterocycles. The lowest BCUT2D eigenvalue weighted by atomic mass is 9.62.